The van der Waals surface area contributed by atoms with Crippen LogP contribution in [0.15, 0.2) is 34.9 Å². The number of nitrogens with one attached hydrogen (secondary N) is 2. The largest absolute Gasteiger partial charge is 0.358 e. The van der Waals surface area contributed by atoms with Crippen molar-refractivity contribution in [2.24, 2.45) is 0 Å². The molecule has 9 nitrogen and oxygen atoms in total. The number of anilines is 1. The van der Waals surface area contributed by atoms with Gasteiger partial charge in [0.15, 0.2) is 11.5 Å². The molecule has 1 amide bonds. The summed E-state index contributed by atoms with van der Waals surface area (Å²) in [5.74, 6) is -0.771. The number of aromatic nitrogens is 4. The third-order valence-corrected chi connectivity index (χ3v) is 4.46. The van der Waals surface area contributed by atoms with E-state index in [-0.39, 0.29) is 17.3 Å². The molecule has 0 spiro atoms. The number of amides is 1. The fourth-order valence-electron chi connectivity index (χ4n) is 2.08. The summed E-state index contributed by atoms with van der Waals surface area (Å²) in [6.07, 6.45) is 1.66. The van der Waals surface area contributed by atoms with Gasteiger partial charge in [-0.15, -0.1) is 5.10 Å². The van der Waals surface area contributed by atoms with Crippen molar-refractivity contribution in [1.82, 2.24) is 20.0 Å². The summed E-state index contributed by atoms with van der Waals surface area (Å²) in [7, 11) is 0. The number of hydrogen-bond donors (Lipinski definition) is 2. The van der Waals surface area contributed by atoms with Gasteiger partial charge in [-0.3, -0.25) is 9.48 Å². The van der Waals surface area contributed by atoms with Crippen molar-refractivity contribution in [1.29, 1.82) is 0 Å². The summed E-state index contributed by atoms with van der Waals surface area (Å²) in [6, 6.07) is 6.16. The molecule has 12 heteroatoms. The average Bonchev–Trinajstić information content (AvgIpc) is 3.18. The number of carbonyl (C=O) groups excluding carboxylic acids is 1. The number of rotatable bonds is 5. The second kappa shape index (κ2) is 7.44. The molecule has 0 saturated heterocycles. The zero-order chi connectivity index (χ0) is 18.8. The summed E-state index contributed by atoms with van der Waals surface area (Å²) in [4.78, 5) is 22.1. The molecule has 134 valence electrons. The van der Waals surface area contributed by atoms with Gasteiger partial charge in [-0.25, -0.2) is 0 Å². The van der Waals surface area contributed by atoms with E-state index < -0.39 is 10.8 Å². The maximum absolute atomic E-state index is 12.1. The highest BCUT2D eigenvalue weighted by Crippen LogP contribution is 2.25. The minimum absolute atomic E-state index is 0.126. The molecule has 0 aliphatic heterocycles. The molecule has 0 unspecified atom stereocenters. The molecule has 2 aromatic heterocycles. The molecule has 0 aliphatic rings. The number of aromatic amines is 1. The minimum Gasteiger partial charge on any atom is -0.358 e. The fourth-order valence-corrected chi connectivity index (χ4v) is 2.96. The molecule has 0 bridgehead atoms. The lowest BCUT2D eigenvalue weighted by Crippen LogP contribution is -2.13. The van der Waals surface area contributed by atoms with Crippen molar-refractivity contribution in [3.63, 3.8) is 0 Å². The van der Waals surface area contributed by atoms with E-state index in [1.165, 1.54) is 0 Å². The first kappa shape index (κ1) is 18.4. The molecule has 0 radical (unpaired) electrons. The van der Waals surface area contributed by atoms with E-state index in [2.05, 4.69) is 36.5 Å². The zero-order valence-corrected chi connectivity index (χ0v) is 15.8. The van der Waals surface area contributed by atoms with E-state index >= 15 is 0 Å². The van der Waals surface area contributed by atoms with Gasteiger partial charge in [0.1, 0.15) is 0 Å². The smallest absolute Gasteiger partial charge is 0.343 e. The van der Waals surface area contributed by atoms with Crippen LogP contribution >= 0.6 is 39.1 Å². The van der Waals surface area contributed by atoms with Crippen LogP contribution in [0, 0.1) is 10.1 Å². The number of nitro groups is 1. The standard InChI is InChI=1S/C14H9BrCl2N6O3/c15-9-6-22(5-7-1-2-8(16)3-10(7)17)21-13(9)18-14(24)11-4-12(20-19-11)23(25)26/h1-4,6H,5H2,(H,19,20)(H,18,21,24). The predicted molar refractivity (Wildman–Crippen MR) is 98.7 cm³/mol. The van der Waals surface area contributed by atoms with Crippen molar-refractivity contribution in [2.45, 2.75) is 6.54 Å². The Labute approximate surface area is 164 Å². The predicted octanol–water partition coefficient (Wildman–Crippen LogP) is 3.88. The number of halogens is 3. The van der Waals surface area contributed by atoms with Gasteiger partial charge in [-0.2, -0.15) is 5.10 Å². The highest BCUT2D eigenvalue weighted by Gasteiger charge is 2.19. The lowest BCUT2D eigenvalue weighted by Gasteiger charge is -2.05. The second-order valence-corrected chi connectivity index (χ2v) is 6.81. The van der Waals surface area contributed by atoms with Crippen molar-refractivity contribution in [3.8, 4) is 0 Å². The quantitative estimate of drug-likeness (QED) is 0.443. The van der Waals surface area contributed by atoms with Gasteiger partial charge in [-0.05, 0) is 38.5 Å². The lowest BCUT2D eigenvalue weighted by molar-refractivity contribution is -0.389. The van der Waals surface area contributed by atoms with E-state index in [1.54, 1.807) is 29.1 Å². The fraction of sp³-hybridized carbons (Fsp3) is 0.0714. The van der Waals surface area contributed by atoms with E-state index in [0.29, 0.717) is 21.1 Å². The van der Waals surface area contributed by atoms with Gasteiger partial charge in [0.25, 0.3) is 5.91 Å². The Morgan fingerprint density at radius 2 is 2.15 bits per heavy atom. The Morgan fingerprint density at radius 1 is 1.38 bits per heavy atom. The topological polar surface area (TPSA) is 119 Å². The van der Waals surface area contributed by atoms with E-state index in [9.17, 15) is 14.9 Å². The molecule has 1 aromatic carbocycles. The second-order valence-electron chi connectivity index (χ2n) is 5.11. The van der Waals surface area contributed by atoms with Gasteiger partial charge in [0, 0.05) is 16.2 Å². The Bertz CT molecular complexity index is 1000. The monoisotopic (exact) mass is 458 g/mol. The summed E-state index contributed by atoms with van der Waals surface area (Å²) >= 11 is 15.3. The Hall–Kier alpha value is -2.43. The van der Waals surface area contributed by atoms with E-state index in [1.807, 2.05) is 0 Å². The molecular weight excluding hydrogens is 451 g/mol. The number of H-pyrrole nitrogens is 1. The van der Waals surface area contributed by atoms with Crippen LogP contribution in [0.25, 0.3) is 0 Å². The Morgan fingerprint density at radius 3 is 2.81 bits per heavy atom. The van der Waals surface area contributed by atoms with Crippen molar-refractivity contribution in [2.75, 3.05) is 5.32 Å². The first-order valence-corrected chi connectivity index (χ1v) is 8.56. The molecular formula is C14H9BrCl2N6O3. The van der Waals surface area contributed by atoms with Crippen molar-refractivity contribution >= 4 is 56.7 Å². The normalized spacial score (nSPS) is 10.7. The molecule has 26 heavy (non-hydrogen) atoms. The molecule has 0 fully saturated rings. The van der Waals surface area contributed by atoms with Gasteiger partial charge < -0.3 is 15.4 Å². The summed E-state index contributed by atoms with van der Waals surface area (Å²) < 4.78 is 2.10. The first-order valence-electron chi connectivity index (χ1n) is 7.01. The molecule has 2 heterocycles. The highest BCUT2D eigenvalue weighted by atomic mass is 79.9. The van der Waals surface area contributed by atoms with Gasteiger partial charge in [0.2, 0.25) is 0 Å². The summed E-state index contributed by atoms with van der Waals surface area (Å²) in [5.41, 5.74) is 0.672. The molecule has 3 rings (SSSR count). The summed E-state index contributed by atoms with van der Waals surface area (Å²) in [5, 5.41) is 24.2. The van der Waals surface area contributed by atoms with Crippen LogP contribution < -0.4 is 5.32 Å². The van der Waals surface area contributed by atoms with Gasteiger partial charge in [0.05, 0.1) is 17.1 Å². The molecule has 2 N–H and O–H groups in total. The van der Waals surface area contributed by atoms with Crippen LogP contribution in [0.5, 0.6) is 0 Å². The molecule has 0 saturated carbocycles. The Kier molecular flexibility index (Phi) is 5.25. The average molecular weight is 460 g/mol. The highest BCUT2D eigenvalue weighted by molar-refractivity contribution is 9.10. The van der Waals surface area contributed by atoms with Crippen LogP contribution in [-0.2, 0) is 6.54 Å². The third kappa shape index (κ3) is 4.03. The van der Waals surface area contributed by atoms with Gasteiger partial charge in [-0.1, -0.05) is 34.4 Å². The number of benzene rings is 1. The number of nitrogens with zero attached hydrogens (tertiary/aromatic N) is 4. The summed E-state index contributed by atoms with van der Waals surface area (Å²) in [6.45, 7) is 0.359. The maximum atomic E-state index is 12.1. The van der Waals surface area contributed by atoms with Crippen LogP contribution in [-0.4, -0.2) is 30.8 Å². The van der Waals surface area contributed by atoms with Crippen molar-refractivity contribution in [3.05, 3.63) is 66.4 Å². The zero-order valence-electron chi connectivity index (χ0n) is 12.7. The maximum Gasteiger partial charge on any atom is 0.343 e. The van der Waals surface area contributed by atoms with E-state index in [0.717, 1.165) is 11.6 Å². The third-order valence-electron chi connectivity index (χ3n) is 3.29. The van der Waals surface area contributed by atoms with Crippen LogP contribution in [0.3, 0.4) is 0 Å². The minimum atomic E-state index is -0.676. The number of carbonyl (C=O) groups is 1. The van der Waals surface area contributed by atoms with Crippen LogP contribution in [0.4, 0.5) is 11.6 Å². The first-order chi connectivity index (χ1) is 12.3. The Balaban J connectivity index is 1.75. The lowest BCUT2D eigenvalue weighted by atomic mass is 10.2. The van der Waals surface area contributed by atoms with E-state index in [4.69, 9.17) is 23.2 Å². The molecule has 3 aromatic rings. The number of hydrogen-bond acceptors (Lipinski definition) is 5. The molecule has 0 atom stereocenters. The molecule has 0 aliphatic carbocycles. The van der Waals surface area contributed by atoms with Gasteiger partial charge >= 0.3 is 5.82 Å². The SMILES string of the molecule is O=C(Nc1nn(Cc2ccc(Cl)cc2Cl)cc1Br)c1cc([N+](=O)[O-])[nH]n1. The van der Waals surface area contributed by atoms with Crippen molar-refractivity contribution < 1.29 is 9.72 Å². The van der Waals surface area contributed by atoms with Crippen LogP contribution in [0.1, 0.15) is 16.1 Å². The van der Waals surface area contributed by atoms with Crippen LogP contribution in [0.2, 0.25) is 10.0 Å².